The SMILES string of the molecule is Cc1cc(CCc2ccc(C(F)(F)F)cc2)ccn1. The Balaban J connectivity index is 2.01. The third kappa shape index (κ3) is 3.81. The van der Waals surface area contributed by atoms with Gasteiger partial charge >= 0.3 is 6.18 Å². The lowest BCUT2D eigenvalue weighted by Gasteiger charge is -2.07. The molecule has 0 saturated heterocycles. The predicted octanol–water partition coefficient (Wildman–Crippen LogP) is 4.19. The molecule has 0 aliphatic heterocycles. The smallest absolute Gasteiger partial charge is 0.262 e. The van der Waals surface area contributed by atoms with Crippen molar-refractivity contribution in [3.8, 4) is 0 Å². The van der Waals surface area contributed by atoms with E-state index >= 15 is 0 Å². The molecule has 0 unspecified atom stereocenters. The third-order valence-corrected chi connectivity index (χ3v) is 2.94. The number of rotatable bonds is 3. The van der Waals surface area contributed by atoms with Crippen molar-refractivity contribution >= 4 is 0 Å². The zero-order chi connectivity index (χ0) is 13.9. The van der Waals surface area contributed by atoms with Crippen molar-refractivity contribution in [2.75, 3.05) is 0 Å². The van der Waals surface area contributed by atoms with Gasteiger partial charge in [-0.1, -0.05) is 12.1 Å². The Morgan fingerprint density at radius 1 is 0.947 bits per heavy atom. The fraction of sp³-hybridized carbons (Fsp3) is 0.267. The fourth-order valence-corrected chi connectivity index (χ4v) is 1.91. The fourth-order valence-electron chi connectivity index (χ4n) is 1.91. The van der Waals surface area contributed by atoms with Crippen LogP contribution in [0.15, 0.2) is 42.6 Å². The number of pyridine rings is 1. The second-order valence-electron chi connectivity index (χ2n) is 4.50. The van der Waals surface area contributed by atoms with Crippen molar-refractivity contribution in [3.63, 3.8) is 0 Å². The first-order valence-corrected chi connectivity index (χ1v) is 6.03. The maximum absolute atomic E-state index is 12.4. The average Bonchev–Trinajstić information content (AvgIpc) is 2.36. The molecule has 100 valence electrons. The van der Waals surface area contributed by atoms with Gasteiger partial charge in [-0.25, -0.2) is 0 Å². The van der Waals surface area contributed by atoms with E-state index in [0.717, 1.165) is 41.8 Å². The summed E-state index contributed by atoms with van der Waals surface area (Å²) in [4.78, 5) is 4.11. The molecular weight excluding hydrogens is 251 g/mol. The number of hydrogen-bond acceptors (Lipinski definition) is 1. The van der Waals surface area contributed by atoms with Gasteiger partial charge in [0.15, 0.2) is 0 Å². The summed E-state index contributed by atoms with van der Waals surface area (Å²) in [5.41, 5.74) is 2.40. The molecule has 4 heteroatoms. The monoisotopic (exact) mass is 265 g/mol. The first kappa shape index (κ1) is 13.6. The molecule has 2 aromatic rings. The third-order valence-electron chi connectivity index (χ3n) is 2.94. The maximum Gasteiger partial charge on any atom is 0.416 e. The van der Waals surface area contributed by atoms with Crippen molar-refractivity contribution in [2.24, 2.45) is 0 Å². The van der Waals surface area contributed by atoms with Crippen molar-refractivity contribution in [1.29, 1.82) is 0 Å². The van der Waals surface area contributed by atoms with Crippen molar-refractivity contribution in [1.82, 2.24) is 4.98 Å². The molecule has 0 atom stereocenters. The number of aryl methyl sites for hydroxylation is 3. The molecule has 1 aromatic carbocycles. The molecular formula is C15H14F3N. The largest absolute Gasteiger partial charge is 0.416 e. The highest BCUT2D eigenvalue weighted by molar-refractivity contribution is 5.26. The molecule has 0 amide bonds. The van der Waals surface area contributed by atoms with Gasteiger partial charge in [0.05, 0.1) is 5.56 Å². The van der Waals surface area contributed by atoms with Crippen LogP contribution in [0.2, 0.25) is 0 Å². The molecule has 0 aliphatic carbocycles. The van der Waals surface area contributed by atoms with Gasteiger partial charge in [-0.15, -0.1) is 0 Å². The van der Waals surface area contributed by atoms with E-state index < -0.39 is 11.7 Å². The summed E-state index contributed by atoms with van der Waals surface area (Å²) in [6, 6.07) is 9.26. The lowest BCUT2D eigenvalue weighted by Crippen LogP contribution is -2.04. The quantitative estimate of drug-likeness (QED) is 0.810. The highest BCUT2D eigenvalue weighted by Gasteiger charge is 2.29. The van der Waals surface area contributed by atoms with Crippen LogP contribution in [0.25, 0.3) is 0 Å². The van der Waals surface area contributed by atoms with E-state index in [9.17, 15) is 13.2 Å². The number of hydrogen-bond donors (Lipinski definition) is 0. The van der Waals surface area contributed by atoms with Crippen LogP contribution in [-0.4, -0.2) is 4.98 Å². The van der Waals surface area contributed by atoms with Crippen LogP contribution in [0, 0.1) is 6.92 Å². The van der Waals surface area contributed by atoms with E-state index in [2.05, 4.69) is 4.98 Å². The highest BCUT2D eigenvalue weighted by atomic mass is 19.4. The molecule has 0 saturated carbocycles. The molecule has 0 N–H and O–H groups in total. The lowest BCUT2D eigenvalue weighted by atomic mass is 10.0. The summed E-state index contributed by atoms with van der Waals surface area (Å²) in [7, 11) is 0. The van der Waals surface area contributed by atoms with Crippen LogP contribution >= 0.6 is 0 Å². The number of halogens is 3. The van der Waals surface area contributed by atoms with E-state index in [1.165, 1.54) is 12.1 Å². The Kier molecular flexibility index (Phi) is 3.88. The van der Waals surface area contributed by atoms with Crippen molar-refractivity contribution in [2.45, 2.75) is 25.9 Å². The molecule has 19 heavy (non-hydrogen) atoms. The van der Waals surface area contributed by atoms with Gasteiger partial charge in [-0.3, -0.25) is 4.98 Å². The Morgan fingerprint density at radius 2 is 1.58 bits per heavy atom. The van der Waals surface area contributed by atoms with Gasteiger partial charge in [0.2, 0.25) is 0 Å². The van der Waals surface area contributed by atoms with Gasteiger partial charge in [-0.05, 0) is 55.2 Å². The Hall–Kier alpha value is -1.84. The Morgan fingerprint density at radius 3 is 2.16 bits per heavy atom. The minimum atomic E-state index is -4.26. The standard InChI is InChI=1S/C15H14F3N/c1-11-10-13(8-9-19-11)3-2-12-4-6-14(7-5-12)15(16,17)18/h4-10H,2-3H2,1H3. The molecule has 0 radical (unpaired) electrons. The molecule has 1 heterocycles. The minimum Gasteiger partial charge on any atom is -0.262 e. The lowest BCUT2D eigenvalue weighted by molar-refractivity contribution is -0.137. The van der Waals surface area contributed by atoms with Gasteiger partial charge < -0.3 is 0 Å². The zero-order valence-corrected chi connectivity index (χ0v) is 10.5. The van der Waals surface area contributed by atoms with E-state index in [1.807, 2.05) is 19.1 Å². The van der Waals surface area contributed by atoms with Crippen LogP contribution in [-0.2, 0) is 19.0 Å². The summed E-state index contributed by atoms with van der Waals surface area (Å²) in [5, 5.41) is 0. The Labute approximate surface area is 110 Å². The van der Waals surface area contributed by atoms with Crippen LogP contribution in [0.4, 0.5) is 13.2 Å². The average molecular weight is 265 g/mol. The molecule has 1 nitrogen and oxygen atoms in total. The van der Waals surface area contributed by atoms with Crippen LogP contribution in [0.5, 0.6) is 0 Å². The predicted molar refractivity (Wildman–Crippen MR) is 67.8 cm³/mol. The van der Waals surface area contributed by atoms with E-state index in [1.54, 1.807) is 6.20 Å². The second kappa shape index (κ2) is 5.43. The molecule has 1 aromatic heterocycles. The van der Waals surface area contributed by atoms with E-state index in [-0.39, 0.29) is 0 Å². The first-order valence-electron chi connectivity index (χ1n) is 6.03. The summed E-state index contributed by atoms with van der Waals surface area (Å²) in [5.74, 6) is 0. The van der Waals surface area contributed by atoms with Gasteiger partial charge in [0, 0.05) is 11.9 Å². The molecule has 0 fully saturated rings. The van der Waals surface area contributed by atoms with Crippen LogP contribution in [0.1, 0.15) is 22.4 Å². The number of alkyl halides is 3. The van der Waals surface area contributed by atoms with E-state index in [4.69, 9.17) is 0 Å². The summed E-state index contributed by atoms with van der Waals surface area (Å²) in [6.07, 6.45) is -0.992. The summed E-state index contributed by atoms with van der Waals surface area (Å²) >= 11 is 0. The summed E-state index contributed by atoms with van der Waals surface area (Å²) in [6.45, 7) is 1.92. The Bertz CT molecular complexity index is 544. The second-order valence-corrected chi connectivity index (χ2v) is 4.50. The molecule has 2 rings (SSSR count). The summed E-state index contributed by atoms with van der Waals surface area (Å²) < 4.78 is 37.2. The first-order chi connectivity index (χ1) is 8.95. The molecule has 0 aliphatic rings. The van der Waals surface area contributed by atoms with Gasteiger partial charge in [-0.2, -0.15) is 13.2 Å². The number of aromatic nitrogens is 1. The maximum atomic E-state index is 12.4. The normalized spacial score (nSPS) is 11.6. The van der Waals surface area contributed by atoms with Gasteiger partial charge in [0.25, 0.3) is 0 Å². The minimum absolute atomic E-state index is 0.601. The van der Waals surface area contributed by atoms with Crippen LogP contribution < -0.4 is 0 Å². The number of nitrogens with zero attached hydrogens (tertiary/aromatic N) is 1. The molecule has 0 spiro atoms. The zero-order valence-electron chi connectivity index (χ0n) is 10.5. The molecule has 0 bridgehead atoms. The highest BCUT2D eigenvalue weighted by Crippen LogP contribution is 2.29. The van der Waals surface area contributed by atoms with Crippen molar-refractivity contribution < 1.29 is 13.2 Å². The van der Waals surface area contributed by atoms with E-state index in [0.29, 0.717) is 0 Å². The number of benzene rings is 1. The van der Waals surface area contributed by atoms with Crippen molar-refractivity contribution in [3.05, 3.63) is 65.0 Å². The van der Waals surface area contributed by atoms with Gasteiger partial charge in [0.1, 0.15) is 0 Å². The van der Waals surface area contributed by atoms with Crippen LogP contribution in [0.3, 0.4) is 0 Å². The topological polar surface area (TPSA) is 12.9 Å².